The SMILES string of the molecule is COCCOCCOCCOCC1(CC#N)CC1. The molecule has 0 unspecified atom stereocenters. The van der Waals surface area contributed by atoms with E-state index in [1.807, 2.05) is 0 Å². The minimum atomic E-state index is 0.165. The van der Waals surface area contributed by atoms with Crippen molar-refractivity contribution in [3.63, 3.8) is 0 Å². The second kappa shape index (κ2) is 9.29. The molecule has 0 N–H and O–H groups in total. The summed E-state index contributed by atoms with van der Waals surface area (Å²) in [4.78, 5) is 0. The van der Waals surface area contributed by atoms with Gasteiger partial charge in [-0.1, -0.05) is 0 Å². The van der Waals surface area contributed by atoms with E-state index in [0.717, 1.165) is 12.8 Å². The number of nitrogens with zero attached hydrogens (tertiary/aromatic N) is 1. The number of nitriles is 1. The van der Waals surface area contributed by atoms with E-state index in [9.17, 15) is 0 Å². The van der Waals surface area contributed by atoms with Crippen molar-refractivity contribution in [2.24, 2.45) is 5.41 Å². The molecule has 0 bridgehead atoms. The van der Waals surface area contributed by atoms with Gasteiger partial charge in [-0.15, -0.1) is 0 Å². The molecular weight excluding hydrogens is 234 g/mol. The molecule has 5 nitrogen and oxygen atoms in total. The third-order valence-electron chi connectivity index (χ3n) is 3.00. The largest absolute Gasteiger partial charge is 0.382 e. The molecule has 0 saturated heterocycles. The quantitative estimate of drug-likeness (QED) is 0.494. The summed E-state index contributed by atoms with van der Waals surface area (Å²) in [5.74, 6) is 0. The van der Waals surface area contributed by atoms with E-state index in [4.69, 9.17) is 24.2 Å². The van der Waals surface area contributed by atoms with Gasteiger partial charge in [-0.2, -0.15) is 5.26 Å². The first kappa shape index (κ1) is 15.4. The maximum atomic E-state index is 8.65. The molecule has 1 aliphatic rings. The van der Waals surface area contributed by atoms with Crippen molar-refractivity contribution in [2.75, 3.05) is 53.4 Å². The van der Waals surface area contributed by atoms with Crippen LogP contribution >= 0.6 is 0 Å². The summed E-state index contributed by atoms with van der Waals surface area (Å²) in [6, 6.07) is 2.22. The summed E-state index contributed by atoms with van der Waals surface area (Å²) < 4.78 is 21.0. The lowest BCUT2D eigenvalue weighted by atomic mass is 10.1. The van der Waals surface area contributed by atoms with Crippen LogP contribution in [0.2, 0.25) is 0 Å². The Morgan fingerprint density at radius 3 is 2.00 bits per heavy atom. The molecule has 0 heterocycles. The van der Waals surface area contributed by atoms with Crippen molar-refractivity contribution in [1.29, 1.82) is 5.26 Å². The fraction of sp³-hybridized carbons (Fsp3) is 0.923. The van der Waals surface area contributed by atoms with Crippen LogP contribution in [-0.4, -0.2) is 53.4 Å². The molecule has 0 aromatic rings. The molecule has 0 amide bonds. The fourth-order valence-corrected chi connectivity index (χ4v) is 1.59. The standard InChI is InChI=1S/C13H23NO4/c1-15-6-7-16-8-9-17-10-11-18-12-13(2-3-13)4-5-14/h2-4,6-12H2,1H3. The van der Waals surface area contributed by atoms with Crippen LogP contribution < -0.4 is 0 Å². The van der Waals surface area contributed by atoms with E-state index in [2.05, 4.69) is 6.07 Å². The molecule has 1 saturated carbocycles. The monoisotopic (exact) mass is 257 g/mol. The van der Waals surface area contributed by atoms with E-state index in [1.165, 1.54) is 0 Å². The lowest BCUT2D eigenvalue weighted by molar-refractivity contribution is -0.00301. The van der Waals surface area contributed by atoms with Crippen LogP contribution in [0.1, 0.15) is 19.3 Å². The molecule has 1 rings (SSSR count). The number of hydrogen-bond donors (Lipinski definition) is 0. The zero-order valence-corrected chi connectivity index (χ0v) is 11.2. The van der Waals surface area contributed by atoms with Gasteiger partial charge in [0.05, 0.1) is 52.3 Å². The molecular formula is C13H23NO4. The second-order valence-corrected chi connectivity index (χ2v) is 4.61. The van der Waals surface area contributed by atoms with Crippen molar-refractivity contribution >= 4 is 0 Å². The van der Waals surface area contributed by atoms with Gasteiger partial charge in [-0.3, -0.25) is 0 Å². The van der Waals surface area contributed by atoms with Gasteiger partial charge in [0.2, 0.25) is 0 Å². The Balaban J connectivity index is 1.78. The summed E-state index contributed by atoms with van der Waals surface area (Å²) in [7, 11) is 1.65. The highest BCUT2D eigenvalue weighted by molar-refractivity contribution is 4.99. The van der Waals surface area contributed by atoms with Crippen LogP contribution in [-0.2, 0) is 18.9 Å². The first-order valence-electron chi connectivity index (χ1n) is 6.42. The van der Waals surface area contributed by atoms with Gasteiger partial charge in [0.25, 0.3) is 0 Å². The van der Waals surface area contributed by atoms with Gasteiger partial charge in [0, 0.05) is 18.9 Å². The van der Waals surface area contributed by atoms with E-state index >= 15 is 0 Å². The molecule has 0 spiro atoms. The second-order valence-electron chi connectivity index (χ2n) is 4.61. The zero-order valence-electron chi connectivity index (χ0n) is 11.2. The van der Waals surface area contributed by atoms with Crippen molar-refractivity contribution in [2.45, 2.75) is 19.3 Å². The van der Waals surface area contributed by atoms with Gasteiger partial charge < -0.3 is 18.9 Å². The number of rotatable bonds is 12. The predicted octanol–water partition coefficient (Wildman–Crippen LogP) is 1.38. The third-order valence-corrected chi connectivity index (χ3v) is 3.00. The van der Waals surface area contributed by atoms with Gasteiger partial charge in [0.15, 0.2) is 0 Å². The number of ether oxygens (including phenoxy) is 4. The molecule has 0 aromatic heterocycles. The van der Waals surface area contributed by atoms with E-state index in [-0.39, 0.29) is 5.41 Å². The molecule has 104 valence electrons. The van der Waals surface area contributed by atoms with Crippen LogP contribution in [0.15, 0.2) is 0 Å². The highest BCUT2D eigenvalue weighted by Crippen LogP contribution is 2.48. The number of hydrogen-bond acceptors (Lipinski definition) is 5. The van der Waals surface area contributed by atoms with Gasteiger partial charge in [-0.25, -0.2) is 0 Å². The van der Waals surface area contributed by atoms with E-state index in [1.54, 1.807) is 7.11 Å². The molecule has 0 aliphatic heterocycles. The maximum absolute atomic E-state index is 8.65. The van der Waals surface area contributed by atoms with Crippen LogP contribution in [0.4, 0.5) is 0 Å². The Hall–Kier alpha value is -0.670. The molecule has 5 heteroatoms. The average Bonchev–Trinajstić information content (AvgIpc) is 3.12. The lowest BCUT2D eigenvalue weighted by Gasteiger charge is -2.11. The summed E-state index contributed by atoms with van der Waals surface area (Å²) in [5.41, 5.74) is 0.165. The van der Waals surface area contributed by atoms with E-state index < -0.39 is 0 Å². The number of methoxy groups -OCH3 is 1. The van der Waals surface area contributed by atoms with E-state index in [0.29, 0.717) is 52.7 Å². The summed E-state index contributed by atoms with van der Waals surface area (Å²) in [6.45, 7) is 4.24. The Morgan fingerprint density at radius 1 is 0.944 bits per heavy atom. The van der Waals surface area contributed by atoms with Crippen LogP contribution in [0.5, 0.6) is 0 Å². The van der Waals surface area contributed by atoms with Crippen molar-refractivity contribution < 1.29 is 18.9 Å². The Bertz CT molecular complexity index is 248. The molecule has 0 radical (unpaired) electrons. The lowest BCUT2D eigenvalue weighted by Crippen LogP contribution is -2.15. The fourth-order valence-electron chi connectivity index (χ4n) is 1.59. The molecule has 0 aromatic carbocycles. The van der Waals surface area contributed by atoms with Crippen LogP contribution in [0.25, 0.3) is 0 Å². The molecule has 0 atom stereocenters. The minimum absolute atomic E-state index is 0.165. The molecule has 1 aliphatic carbocycles. The van der Waals surface area contributed by atoms with Crippen molar-refractivity contribution in [3.05, 3.63) is 0 Å². The predicted molar refractivity (Wildman–Crippen MR) is 66.2 cm³/mol. The van der Waals surface area contributed by atoms with Gasteiger partial charge >= 0.3 is 0 Å². The summed E-state index contributed by atoms with van der Waals surface area (Å²) >= 11 is 0. The average molecular weight is 257 g/mol. The van der Waals surface area contributed by atoms with Crippen molar-refractivity contribution in [3.8, 4) is 6.07 Å². The smallest absolute Gasteiger partial charge is 0.0701 e. The Kier molecular flexibility index (Phi) is 7.94. The van der Waals surface area contributed by atoms with Gasteiger partial charge in [0.1, 0.15) is 0 Å². The first-order valence-corrected chi connectivity index (χ1v) is 6.42. The maximum Gasteiger partial charge on any atom is 0.0701 e. The molecule has 18 heavy (non-hydrogen) atoms. The normalized spacial score (nSPS) is 16.4. The highest BCUT2D eigenvalue weighted by Gasteiger charge is 2.42. The third kappa shape index (κ3) is 6.92. The van der Waals surface area contributed by atoms with Crippen molar-refractivity contribution in [1.82, 2.24) is 0 Å². The Morgan fingerprint density at radius 2 is 1.50 bits per heavy atom. The first-order chi connectivity index (χ1) is 8.83. The topological polar surface area (TPSA) is 60.7 Å². The summed E-state index contributed by atoms with van der Waals surface area (Å²) in [5, 5.41) is 8.65. The van der Waals surface area contributed by atoms with Crippen LogP contribution in [0.3, 0.4) is 0 Å². The van der Waals surface area contributed by atoms with Crippen LogP contribution in [0, 0.1) is 16.7 Å². The molecule has 1 fully saturated rings. The Labute approximate surface area is 109 Å². The zero-order chi connectivity index (χ0) is 13.1. The summed E-state index contributed by atoms with van der Waals surface area (Å²) in [6.07, 6.45) is 2.85. The minimum Gasteiger partial charge on any atom is -0.382 e. The van der Waals surface area contributed by atoms with Gasteiger partial charge in [-0.05, 0) is 12.8 Å². The highest BCUT2D eigenvalue weighted by atomic mass is 16.6.